The first-order valence-electron chi connectivity index (χ1n) is 5.67. The molecule has 0 aliphatic rings. The number of aliphatic hydroxyl groups is 1. The number of amides is 1. The lowest BCUT2D eigenvalue weighted by Gasteiger charge is -2.17. The summed E-state index contributed by atoms with van der Waals surface area (Å²) in [5.74, 6) is -0.145. The highest BCUT2D eigenvalue weighted by Crippen LogP contribution is 2.04. The predicted molar refractivity (Wildman–Crippen MR) is 62.6 cm³/mol. The van der Waals surface area contributed by atoms with Crippen molar-refractivity contribution in [2.75, 3.05) is 20.2 Å². The molecule has 0 aliphatic heterocycles. The van der Waals surface area contributed by atoms with Crippen LogP contribution in [0.5, 0.6) is 0 Å². The Morgan fingerprint density at radius 3 is 2.40 bits per heavy atom. The maximum atomic E-state index is 11.5. The van der Waals surface area contributed by atoms with Gasteiger partial charge < -0.3 is 10.0 Å². The zero-order valence-electron chi connectivity index (χ0n) is 9.96. The molecule has 0 aromatic heterocycles. The van der Waals surface area contributed by atoms with E-state index in [0.717, 1.165) is 19.4 Å². The van der Waals surface area contributed by atoms with Crippen LogP contribution in [0.3, 0.4) is 0 Å². The Labute approximate surface area is 92.8 Å². The number of aliphatic hydroxyl groups excluding tert-OH is 1. The topological polar surface area (TPSA) is 40.5 Å². The van der Waals surface area contributed by atoms with E-state index >= 15 is 0 Å². The van der Waals surface area contributed by atoms with Crippen LogP contribution >= 0.6 is 0 Å². The third-order valence-corrected chi connectivity index (χ3v) is 2.44. The van der Waals surface area contributed by atoms with Crippen LogP contribution in [0.4, 0.5) is 0 Å². The lowest BCUT2D eigenvalue weighted by Crippen LogP contribution is -2.29. The molecular formula is C12H23NO2. The van der Waals surface area contributed by atoms with Crippen molar-refractivity contribution in [3.8, 4) is 0 Å². The second kappa shape index (κ2) is 8.48. The Bertz CT molecular complexity index is 202. The summed E-state index contributed by atoms with van der Waals surface area (Å²) in [4.78, 5) is 13.1. The Kier molecular flexibility index (Phi) is 8.01. The Balaban J connectivity index is 3.60. The molecule has 0 rings (SSSR count). The SMILES string of the molecule is C=C(CO)C(=O)N(C)CCCCCCC. The number of unbranched alkanes of at least 4 members (excludes halogenated alkanes) is 4. The standard InChI is InChI=1S/C12H23NO2/c1-4-5-6-7-8-9-13(3)12(15)11(2)10-14/h14H,2,4-10H2,1,3H3. The quantitative estimate of drug-likeness (QED) is 0.494. The molecule has 15 heavy (non-hydrogen) atoms. The third-order valence-electron chi connectivity index (χ3n) is 2.44. The van der Waals surface area contributed by atoms with Gasteiger partial charge in [-0.05, 0) is 6.42 Å². The summed E-state index contributed by atoms with van der Waals surface area (Å²) in [5, 5.41) is 8.75. The van der Waals surface area contributed by atoms with Gasteiger partial charge in [0, 0.05) is 19.2 Å². The fraction of sp³-hybridized carbons (Fsp3) is 0.750. The van der Waals surface area contributed by atoms with E-state index in [4.69, 9.17) is 5.11 Å². The maximum Gasteiger partial charge on any atom is 0.251 e. The van der Waals surface area contributed by atoms with Gasteiger partial charge in [-0.1, -0.05) is 39.2 Å². The largest absolute Gasteiger partial charge is 0.391 e. The highest BCUT2D eigenvalue weighted by molar-refractivity contribution is 5.92. The summed E-state index contributed by atoms with van der Waals surface area (Å²) in [7, 11) is 1.75. The summed E-state index contributed by atoms with van der Waals surface area (Å²) in [6.07, 6.45) is 5.93. The lowest BCUT2D eigenvalue weighted by atomic mass is 10.1. The monoisotopic (exact) mass is 213 g/mol. The number of likely N-dealkylation sites (N-methyl/N-ethyl adjacent to an activating group) is 1. The van der Waals surface area contributed by atoms with Crippen LogP contribution in [0.15, 0.2) is 12.2 Å². The number of carbonyl (C=O) groups excluding carboxylic acids is 1. The van der Waals surface area contributed by atoms with Gasteiger partial charge >= 0.3 is 0 Å². The molecule has 0 aromatic carbocycles. The number of hydrogen-bond donors (Lipinski definition) is 1. The Hall–Kier alpha value is -0.830. The van der Waals surface area contributed by atoms with Gasteiger partial charge in [-0.15, -0.1) is 0 Å². The molecule has 0 atom stereocenters. The van der Waals surface area contributed by atoms with Gasteiger partial charge in [-0.25, -0.2) is 0 Å². The molecule has 0 aromatic rings. The molecule has 0 spiro atoms. The van der Waals surface area contributed by atoms with Gasteiger partial charge in [-0.3, -0.25) is 4.79 Å². The minimum Gasteiger partial charge on any atom is -0.391 e. The zero-order valence-corrected chi connectivity index (χ0v) is 9.96. The van der Waals surface area contributed by atoms with Crippen molar-refractivity contribution in [2.24, 2.45) is 0 Å². The van der Waals surface area contributed by atoms with Crippen LogP contribution in [0.25, 0.3) is 0 Å². The van der Waals surface area contributed by atoms with E-state index in [2.05, 4.69) is 13.5 Å². The molecule has 0 fully saturated rings. The molecule has 0 saturated heterocycles. The Morgan fingerprint density at radius 1 is 1.27 bits per heavy atom. The Morgan fingerprint density at radius 2 is 1.87 bits per heavy atom. The van der Waals surface area contributed by atoms with E-state index in [1.807, 2.05) is 0 Å². The van der Waals surface area contributed by atoms with Crippen LogP contribution in [0, 0.1) is 0 Å². The van der Waals surface area contributed by atoms with Crippen LogP contribution < -0.4 is 0 Å². The second-order valence-electron chi connectivity index (χ2n) is 3.90. The van der Waals surface area contributed by atoms with E-state index < -0.39 is 0 Å². The predicted octanol–water partition coefficient (Wildman–Crippen LogP) is 1.96. The van der Waals surface area contributed by atoms with E-state index in [0.29, 0.717) is 0 Å². The van der Waals surface area contributed by atoms with Crippen molar-refractivity contribution in [2.45, 2.75) is 39.0 Å². The van der Waals surface area contributed by atoms with Crippen molar-refractivity contribution in [1.82, 2.24) is 4.90 Å². The van der Waals surface area contributed by atoms with Crippen molar-refractivity contribution in [3.05, 3.63) is 12.2 Å². The first-order chi connectivity index (χ1) is 7.13. The molecule has 0 saturated carbocycles. The number of rotatable bonds is 8. The number of carbonyl (C=O) groups is 1. The molecule has 3 nitrogen and oxygen atoms in total. The summed E-state index contributed by atoms with van der Waals surface area (Å²) in [6, 6.07) is 0. The van der Waals surface area contributed by atoms with Gasteiger partial charge in [0.1, 0.15) is 0 Å². The molecule has 0 aliphatic carbocycles. The van der Waals surface area contributed by atoms with Gasteiger partial charge in [0.15, 0.2) is 0 Å². The summed E-state index contributed by atoms with van der Waals surface area (Å²) >= 11 is 0. The van der Waals surface area contributed by atoms with E-state index in [1.165, 1.54) is 19.3 Å². The highest BCUT2D eigenvalue weighted by atomic mass is 16.3. The van der Waals surface area contributed by atoms with Crippen molar-refractivity contribution in [1.29, 1.82) is 0 Å². The van der Waals surface area contributed by atoms with Gasteiger partial charge in [0.25, 0.3) is 5.91 Å². The average molecular weight is 213 g/mol. The molecule has 0 heterocycles. The average Bonchev–Trinajstić information content (AvgIpc) is 2.26. The van der Waals surface area contributed by atoms with Crippen molar-refractivity contribution in [3.63, 3.8) is 0 Å². The maximum absolute atomic E-state index is 11.5. The van der Waals surface area contributed by atoms with Crippen LogP contribution in [-0.2, 0) is 4.79 Å². The number of hydrogen-bond acceptors (Lipinski definition) is 2. The summed E-state index contributed by atoms with van der Waals surface area (Å²) in [6.45, 7) is 6.19. The van der Waals surface area contributed by atoms with Crippen LogP contribution in [0.2, 0.25) is 0 Å². The van der Waals surface area contributed by atoms with Gasteiger partial charge in [0.05, 0.1) is 6.61 Å². The minimum atomic E-state index is -0.251. The summed E-state index contributed by atoms with van der Waals surface area (Å²) < 4.78 is 0. The molecule has 1 amide bonds. The highest BCUT2D eigenvalue weighted by Gasteiger charge is 2.10. The molecule has 0 bridgehead atoms. The fourth-order valence-corrected chi connectivity index (χ4v) is 1.39. The molecule has 1 N–H and O–H groups in total. The van der Waals surface area contributed by atoms with Crippen molar-refractivity contribution < 1.29 is 9.90 Å². The molecule has 3 heteroatoms. The molecule has 0 unspecified atom stereocenters. The molecule has 88 valence electrons. The minimum absolute atomic E-state index is 0.145. The molecular weight excluding hydrogens is 190 g/mol. The normalized spacial score (nSPS) is 10.1. The smallest absolute Gasteiger partial charge is 0.251 e. The van der Waals surface area contributed by atoms with Crippen molar-refractivity contribution >= 4 is 5.91 Å². The fourth-order valence-electron chi connectivity index (χ4n) is 1.39. The number of nitrogens with zero attached hydrogens (tertiary/aromatic N) is 1. The molecule has 0 radical (unpaired) electrons. The van der Waals surface area contributed by atoms with E-state index in [1.54, 1.807) is 11.9 Å². The first kappa shape index (κ1) is 14.2. The van der Waals surface area contributed by atoms with E-state index in [-0.39, 0.29) is 18.1 Å². The van der Waals surface area contributed by atoms with Gasteiger partial charge in [-0.2, -0.15) is 0 Å². The zero-order chi connectivity index (χ0) is 11.7. The first-order valence-corrected chi connectivity index (χ1v) is 5.67. The van der Waals surface area contributed by atoms with Crippen LogP contribution in [0.1, 0.15) is 39.0 Å². The lowest BCUT2D eigenvalue weighted by molar-refractivity contribution is -0.126. The second-order valence-corrected chi connectivity index (χ2v) is 3.90. The third kappa shape index (κ3) is 6.28. The summed E-state index contributed by atoms with van der Waals surface area (Å²) in [5.41, 5.74) is 0.269. The van der Waals surface area contributed by atoms with Gasteiger partial charge in [0.2, 0.25) is 0 Å². The van der Waals surface area contributed by atoms with E-state index in [9.17, 15) is 4.79 Å². The van der Waals surface area contributed by atoms with Crippen LogP contribution in [-0.4, -0.2) is 36.1 Å².